The summed E-state index contributed by atoms with van der Waals surface area (Å²) in [6.07, 6.45) is 1.84. The molecule has 1 aliphatic rings. The number of rotatable bonds is 8. The van der Waals surface area contributed by atoms with Gasteiger partial charge in [-0.2, -0.15) is 0 Å². The first-order valence-electron chi connectivity index (χ1n) is 23.8. The number of fused-ring (bicyclic) bond motifs is 9. The van der Waals surface area contributed by atoms with Gasteiger partial charge in [0, 0.05) is 67.8 Å². The number of ether oxygens (including phenoxy) is 1. The Balaban J connectivity index is 0.941. The minimum atomic E-state index is 0.567. The average molecular weight is 898 g/mol. The molecule has 0 aliphatic carbocycles. The Bertz CT molecular complexity index is 4030. The van der Waals surface area contributed by atoms with E-state index in [2.05, 4.69) is 243 Å². The molecular weight excluding hydrogens is 855 g/mol. The highest BCUT2D eigenvalue weighted by Gasteiger charge is 2.34. The first-order valence-corrected chi connectivity index (χ1v) is 23.8. The van der Waals surface area contributed by atoms with E-state index in [1.165, 1.54) is 38.0 Å². The average Bonchev–Trinajstić information content (AvgIpc) is 4.10. The lowest BCUT2D eigenvalue weighted by Gasteiger charge is -2.29. The molecule has 0 unspecified atom stereocenters. The Hall–Kier alpha value is -9.39. The van der Waals surface area contributed by atoms with Crippen LogP contribution in [0.15, 0.2) is 249 Å². The predicted molar refractivity (Wildman–Crippen MR) is 290 cm³/mol. The van der Waals surface area contributed by atoms with Gasteiger partial charge in [0.25, 0.3) is 0 Å². The molecule has 0 bridgehead atoms. The fourth-order valence-corrected chi connectivity index (χ4v) is 10.9. The summed E-state index contributed by atoms with van der Waals surface area (Å²) in [5, 5.41) is 7.17. The van der Waals surface area contributed by atoms with Gasteiger partial charge in [-0.05, 0) is 89.3 Å². The Morgan fingerprint density at radius 2 is 0.929 bits per heavy atom. The molecule has 0 saturated heterocycles. The molecule has 10 aromatic carbocycles. The van der Waals surface area contributed by atoms with Crippen LogP contribution in [0.3, 0.4) is 0 Å². The number of pyridine rings is 1. The molecule has 6 heteroatoms. The number of hydrogen-bond acceptors (Lipinski definition) is 4. The lowest BCUT2D eigenvalue weighted by molar-refractivity contribution is 0.483. The van der Waals surface area contributed by atoms with E-state index in [0.717, 1.165) is 84.4 Å². The van der Waals surface area contributed by atoms with Crippen LogP contribution in [0.25, 0.3) is 88.1 Å². The number of nitrogens with zero attached hydrogens (tertiary/aromatic N) is 5. The van der Waals surface area contributed by atoms with E-state index in [-0.39, 0.29) is 0 Å². The molecule has 0 saturated carbocycles. The molecule has 1 aliphatic heterocycles. The van der Waals surface area contributed by atoms with Gasteiger partial charge in [-0.1, -0.05) is 158 Å². The number of benzene rings is 10. The lowest BCUT2D eigenvalue weighted by atomic mass is 9.93. The van der Waals surface area contributed by atoms with E-state index in [0.29, 0.717) is 6.67 Å². The van der Waals surface area contributed by atoms with Crippen LogP contribution in [0, 0.1) is 0 Å². The highest BCUT2D eigenvalue weighted by molar-refractivity contribution is 6.12. The third-order valence-electron chi connectivity index (χ3n) is 14.0. The molecule has 14 rings (SSSR count). The highest BCUT2D eigenvalue weighted by Crippen LogP contribution is 2.54. The number of para-hydroxylation sites is 3. The van der Waals surface area contributed by atoms with Gasteiger partial charge < -0.3 is 19.1 Å². The molecule has 6 nitrogen and oxygen atoms in total. The Morgan fingerprint density at radius 1 is 0.357 bits per heavy atom. The second-order valence-corrected chi connectivity index (χ2v) is 18.0. The molecule has 13 aromatic rings. The van der Waals surface area contributed by atoms with E-state index in [1.54, 1.807) is 0 Å². The molecule has 4 heterocycles. The fourth-order valence-electron chi connectivity index (χ4n) is 10.9. The molecule has 3 aromatic heterocycles. The van der Waals surface area contributed by atoms with E-state index in [9.17, 15) is 0 Å². The first-order chi connectivity index (χ1) is 34.7. The zero-order chi connectivity index (χ0) is 46.1. The predicted octanol–water partition coefficient (Wildman–Crippen LogP) is 16.8. The van der Waals surface area contributed by atoms with E-state index in [4.69, 9.17) is 9.72 Å². The summed E-state index contributed by atoms with van der Waals surface area (Å²) in [5.41, 5.74) is 14.7. The van der Waals surface area contributed by atoms with Gasteiger partial charge in [-0.25, -0.2) is 4.98 Å². The molecule has 0 radical (unpaired) electrons. The number of hydrogen-bond donors (Lipinski definition) is 0. The number of anilines is 4. The summed E-state index contributed by atoms with van der Waals surface area (Å²) in [4.78, 5) is 9.73. The van der Waals surface area contributed by atoms with Crippen molar-refractivity contribution in [2.45, 2.75) is 0 Å². The molecule has 0 N–H and O–H groups in total. The summed E-state index contributed by atoms with van der Waals surface area (Å²) < 4.78 is 11.5. The van der Waals surface area contributed by atoms with Crippen LogP contribution < -0.4 is 14.5 Å². The molecule has 0 atom stereocenters. The maximum absolute atomic E-state index is 6.83. The monoisotopic (exact) mass is 897 g/mol. The van der Waals surface area contributed by atoms with E-state index < -0.39 is 0 Å². The summed E-state index contributed by atoms with van der Waals surface area (Å²) in [7, 11) is 0. The smallest absolute Gasteiger partial charge is 0.137 e. The third-order valence-corrected chi connectivity index (χ3v) is 14.0. The quantitative estimate of drug-likeness (QED) is 0.152. The van der Waals surface area contributed by atoms with E-state index >= 15 is 0 Å². The molecule has 0 amide bonds. The van der Waals surface area contributed by atoms with E-state index in [1.807, 2.05) is 24.4 Å². The zero-order valence-corrected chi connectivity index (χ0v) is 38.0. The van der Waals surface area contributed by atoms with Crippen molar-refractivity contribution in [1.29, 1.82) is 0 Å². The summed E-state index contributed by atoms with van der Waals surface area (Å²) >= 11 is 0. The van der Waals surface area contributed by atoms with Crippen LogP contribution in [-0.2, 0) is 0 Å². The Morgan fingerprint density at radius 3 is 1.59 bits per heavy atom. The molecule has 0 fully saturated rings. The normalized spacial score (nSPS) is 12.5. The van der Waals surface area contributed by atoms with Crippen LogP contribution in [-0.4, -0.2) is 20.8 Å². The number of aromatic nitrogens is 3. The SMILES string of the molecule is c1ccc(-c2cc(-n3c4ccccc4c4ccccc43)cc(-c3ccccc3)c2N2CN(c3cccc(Oc4ccc5c6ccccc6n(-c6ccccn6)c5c4)c3)c3ccc4ccccc4c32)cc1. The zero-order valence-electron chi connectivity index (χ0n) is 38.0. The lowest BCUT2D eigenvalue weighted by Crippen LogP contribution is -2.25. The summed E-state index contributed by atoms with van der Waals surface area (Å²) in [6, 6.07) is 86.8. The fraction of sp³-hybridized carbons (Fsp3) is 0.0156. The van der Waals surface area contributed by atoms with Crippen molar-refractivity contribution in [3.8, 4) is 45.3 Å². The van der Waals surface area contributed by atoms with Crippen molar-refractivity contribution in [2.24, 2.45) is 0 Å². The minimum absolute atomic E-state index is 0.567. The van der Waals surface area contributed by atoms with Crippen LogP contribution in [0.5, 0.6) is 11.5 Å². The van der Waals surface area contributed by atoms with Crippen molar-refractivity contribution in [2.75, 3.05) is 16.5 Å². The van der Waals surface area contributed by atoms with Gasteiger partial charge in [0.1, 0.15) is 24.0 Å². The Labute approximate surface area is 404 Å². The highest BCUT2D eigenvalue weighted by atomic mass is 16.5. The van der Waals surface area contributed by atoms with Gasteiger partial charge in [0.05, 0.1) is 39.1 Å². The molecule has 330 valence electrons. The van der Waals surface area contributed by atoms with Crippen molar-refractivity contribution in [3.63, 3.8) is 0 Å². The molecule has 70 heavy (non-hydrogen) atoms. The van der Waals surface area contributed by atoms with Crippen LogP contribution in [0.4, 0.5) is 22.7 Å². The maximum atomic E-state index is 6.83. The minimum Gasteiger partial charge on any atom is -0.457 e. The van der Waals surface area contributed by atoms with Crippen molar-refractivity contribution in [1.82, 2.24) is 14.1 Å². The second-order valence-electron chi connectivity index (χ2n) is 18.0. The molecular formula is C64H43N5O. The largest absolute Gasteiger partial charge is 0.457 e. The van der Waals surface area contributed by atoms with Crippen molar-refractivity contribution < 1.29 is 4.74 Å². The van der Waals surface area contributed by atoms with Gasteiger partial charge in [0.2, 0.25) is 0 Å². The summed E-state index contributed by atoms with van der Waals surface area (Å²) in [6.45, 7) is 0.567. The standard InChI is InChI=1S/C64H43N5O/c1-3-18-43(19-4-1)55-39-47(68-57-29-12-9-26-51(57)52-27-10-13-30-58(52)68)40-56(44-20-5-2-6-21-44)63(55)67-42-66(60-36-33-45-22-7-8-25-50(45)64(60)67)46-23-17-24-48(38-46)70-49-34-35-54-53-28-11-14-31-59(53)69(61(54)41-49)62-32-15-16-37-65-62/h1-41H,42H2. The van der Waals surface area contributed by atoms with Crippen molar-refractivity contribution in [3.05, 3.63) is 249 Å². The van der Waals surface area contributed by atoms with Gasteiger partial charge >= 0.3 is 0 Å². The van der Waals surface area contributed by atoms with Gasteiger partial charge in [-0.15, -0.1) is 0 Å². The van der Waals surface area contributed by atoms with Crippen LogP contribution in [0.1, 0.15) is 0 Å². The van der Waals surface area contributed by atoms with Gasteiger partial charge in [-0.3, -0.25) is 4.57 Å². The van der Waals surface area contributed by atoms with Crippen LogP contribution in [0.2, 0.25) is 0 Å². The second kappa shape index (κ2) is 16.1. The van der Waals surface area contributed by atoms with Crippen molar-refractivity contribution >= 4 is 77.1 Å². The maximum Gasteiger partial charge on any atom is 0.137 e. The topological polar surface area (TPSA) is 38.5 Å². The Kier molecular flexibility index (Phi) is 9.17. The molecule has 0 spiro atoms. The first kappa shape index (κ1) is 39.7. The summed E-state index contributed by atoms with van der Waals surface area (Å²) in [5.74, 6) is 2.37. The van der Waals surface area contributed by atoms with Crippen LogP contribution >= 0.6 is 0 Å². The third kappa shape index (κ3) is 6.38. The van der Waals surface area contributed by atoms with Gasteiger partial charge in [0.15, 0.2) is 0 Å².